The molecular weight excluding hydrogens is 174 g/mol. The minimum atomic E-state index is 0.911. The van der Waals surface area contributed by atoms with Crippen molar-refractivity contribution < 1.29 is 4.74 Å². The third-order valence-electron chi connectivity index (χ3n) is 2.19. The molecule has 2 heteroatoms. The Bertz CT molecular complexity index is 392. The fourth-order valence-corrected chi connectivity index (χ4v) is 1.48. The SMILES string of the molecule is COc1cccc(Cc2ccc[nH]2)c1. The molecule has 1 aromatic heterocycles. The molecule has 0 atom stereocenters. The van der Waals surface area contributed by atoms with Gasteiger partial charge in [-0.15, -0.1) is 0 Å². The molecular formula is C12H13NO. The molecule has 1 aromatic carbocycles. The van der Waals surface area contributed by atoms with Gasteiger partial charge < -0.3 is 9.72 Å². The van der Waals surface area contributed by atoms with Crippen molar-refractivity contribution in [2.75, 3.05) is 7.11 Å². The first kappa shape index (κ1) is 8.88. The Kier molecular flexibility index (Phi) is 2.54. The van der Waals surface area contributed by atoms with E-state index >= 15 is 0 Å². The van der Waals surface area contributed by atoms with Crippen molar-refractivity contribution >= 4 is 0 Å². The number of methoxy groups -OCH3 is 1. The van der Waals surface area contributed by atoms with Crippen LogP contribution in [0.15, 0.2) is 42.6 Å². The molecule has 1 heterocycles. The molecule has 0 fully saturated rings. The normalized spacial score (nSPS) is 10.1. The number of H-pyrrole nitrogens is 1. The maximum absolute atomic E-state index is 5.16. The third kappa shape index (κ3) is 1.96. The minimum Gasteiger partial charge on any atom is -0.497 e. The molecule has 0 saturated heterocycles. The van der Waals surface area contributed by atoms with Crippen LogP contribution in [0.1, 0.15) is 11.3 Å². The first-order chi connectivity index (χ1) is 6.88. The molecule has 0 unspecified atom stereocenters. The van der Waals surface area contributed by atoms with Crippen molar-refractivity contribution in [1.29, 1.82) is 0 Å². The van der Waals surface area contributed by atoms with E-state index in [-0.39, 0.29) is 0 Å². The van der Waals surface area contributed by atoms with Crippen LogP contribution in [0.2, 0.25) is 0 Å². The minimum absolute atomic E-state index is 0.911. The molecule has 0 saturated carbocycles. The summed E-state index contributed by atoms with van der Waals surface area (Å²) in [4.78, 5) is 3.18. The first-order valence-electron chi connectivity index (χ1n) is 4.63. The number of rotatable bonds is 3. The van der Waals surface area contributed by atoms with E-state index in [9.17, 15) is 0 Å². The summed E-state index contributed by atoms with van der Waals surface area (Å²) in [6.07, 6.45) is 2.86. The van der Waals surface area contributed by atoms with Crippen LogP contribution in [-0.4, -0.2) is 12.1 Å². The highest BCUT2D eigenvalue weighted by Gasteiger charge is 1.97. The summed E-state index contributed by atoms with van der Waals surface area (Å²) in [5.74, 6) is 0.911. The zero-order valence-electron chi connectivity index (χ0n) is 8.16. The fraction of sp³-hybridized carbons (Fsp3) is 0.167. The van der Waals surface area contributed by atoms with E-state index in [0.29, 0.717) is 0 Å². The Morgan fingerprint density at radius 2 is 2.14 bits per heavy atom. The number of aromatic nitrogens is 1. The largest absolute Gasteiger partial charge is 0.497 e. The van der Waals surface area contributed by atoms with Crippen LogP contribution < -0.4 is 4.74 Å². The van der Waals surface area contributed by atoms with Gasteiger partial charge in [-0.1, -0.05) is 12.1 Å². The summed E-state index contributed by atoms with van der Waals surface area (Å²) in [5.41, 5.74) is 2.48. The van der Waals surface area contributed by atoms with Crippen LogP contribution in [0.5, 0.6) is 5.75 Å². The Labute approximate surface area is 83.5 Å². The quantitative estimate of drug-likeness (QED) is 0.785. The lowest BCUT2D eigenvalue weighted by molar-refractivity contribution is 0.414. The monoisotopic (exact) mass is 187 g/mol. The van der Waals surface area contributed by atoms with Crippen molar-refractivity contribution in [1.82, 2.24) is 4.98 Å². The second-order valence-electron chi connectivity index (χ2n) is 3.22. The molecule has 0 radical (unpaired) electrons. The Morgan fingerprint density at radius 3 is 2.86 bits per heavy atom. The summed E-state index contributed by atoms with van der Waals surface area (Å²) >= 11 is 0. The highest BCUT2D eigenvalue weighted by Crippen LogP contribution is 2.15. The summed E-state index contributed by atoms with van der Waals surface area (Å²) < 4.78 is 5.16. The maximum Gasteiger partial charge on any atom is 0.119 e. The highest BCUT2D eigenvalue weighted by atomic mass is 16.5. The van der Waals surface area contributed by atoms with Gasteiger partial charge in [0.15, 0.2) is 0 Å². The lowest BCUT2D eigenvalue weighted by atomic mass is 10.1. The number of hydrogen-bond acceptors (Lipinski definition) is 1. The van der Waals surface area contributed by atoms with E-state index in [1.165, 1.54) is 11.3 Å². The average molecular weight is 187 g/mol. The molecule has 2 rings (SSSR count). The van der Waals surface area contributed by atoms with Gasteiger partial charge in [0, 0.05) is 18.3 Å². The van der Waals surface area contributed by atoms with Crippen molar-refractivity contribution in [2.24, 2.45) is 0 Å². The predicted molar refractivity (Wildman–Crippen MR) is 56.6 cm³/mol. The van der Waals surface area contributed by atoms with Crippen molar-refractivity contribution in [3.8, 4) is 5.75 Å². The van der Waals surface area contributed by atoms with Crippen molar-refractivity contribution in [2.45, 2.75) is 6.42 Å². The zero-order chi connectivity index (χ0) is 9.80. The molecule has 0 aliphatic rings. The maximum atomic E-state index is 5.16. The van der Waals surface area contributed by atoms with E-state index in [0.717, 1.165) is 12.2 Å². The average Bonchev–Trinajstić information content (AvgIpc) is 2.71. The van der Waals surface area contributed by atoms with Gasteiger partial charge in [0.25, 0.3) is 0 Å². The summed E-state index contributed by atoms with van der Waals surface area (Å²) in [7, 11) is 1.69. The lowest BCUT2D eigenvalue weighted by Gasteiger charge is -2.02. The predicted octanol–water partition coefficient (Wildman–Crippen LogP) is 2.61. The smallest absolute Gasteiger partial charge is 0.119 e. The van der Waals surface area contributed by atoms with Crippen LogP contribution in [0.4, 0.5) is 0 Å². The summed E-state index contributed by atoms with van der Waals surface area (Å²) in [6.45, 7) is 0. The van der Waals surface area contributed by atoms with E-state index in [4.69, 9.17) is 4.74 Å². The highest BCUT2D eigenvalue weighted by molar-refractivity contribution is 5.31. The molecule has 2 nitrogen and oxygen atoms in total. The van der Waals surface area contributed by atoms with Gasteiger partial charge >= 0.3 is 0 Å². The Balaban J connectivity index is 2.17. The third-order valence-corrected chi connectivity index (χ3v) is 2.19. The number of benzene rings is 1. The van der Waals surface area contributed by atoms with Crippen molar-refractivity contribution in [3.05, 3.63) is 53.9 Å². The van der Waals surface area contributed by atoms with Crippen LogP contribution in [0.3, 0.4) is 0 Å². The Morgan fingerprint density at radius 1 is 1.21 bits per heavy atom. The van der Waals surface area contributed by atoms with Gasteiger partial charge in [-0.05, 0) is 29.8 Å². The van der Waals surface area contributed by atoms with Crippen LogP contribution >= 0.6 is 0 Å². The van der Waals surface area contributed by atoms with Crippen LogP contribution in [0.25, 0.3) is 0 Å². The lowest BCUT2D eigenvalue weighted by Crippen LogP contribution is -1.89. The van der Waals surface area contributed by atoms with E-state index in [1.807, 2.05) is 24.4 Å². The van der Waals surface area contributed by atoms with Crippen molar-refractivity contribution in [3.63, 3.8) is 0 Å². The molecule has 0 amide bonds. The van der Waals surface area contributed by atoms with E-state index < -0.39 is 0 Å². The zero-order valence-corrected chi connectivity index (χ0v) is 8.16. The van der Waals surface area contributed by atoms with Gasteiger partial charge in [-0.2, -0.15) is 0 Å². The van der Waals surface area contributed by atoms with Gasteiger partial charge in [-0.25, -0.2) is 0 Å². The number of nitrogens with one attached hydrogen (secondary N) is 1. The number of hydrogen-bond donors (Lipinski definition) is 1. The van der Waals surface area contributed by atoms with Gasteiger partial charge in [0.1, 0.15) is 5.75 Å². The van der Waals surface area contributed by atoms with Gasteiger partial charge in [-0.3, -0.25) is 0 Å². The second-order valence-corrected chi connectivity index (χ2v) is 3.22. The molecule has 72 valence electrons. The van der Waals surface area contributed by atoms with Gasteiger partial charge in [0.2, 0.25) is 0 Å². The van der Waals surface area contributed by atoms with Gasteiger partial charge in [0.05, 0.1) is 7.11 Å². The molecule has 1 N–H and O–H groups in total. The molecule has 0 aliphatic carbocycles. The first-order valence-corrected chi connectivity index (χ1v) is 4.63. The molecule has 0 spiro atoms. The van der Waals surface area contributed by atoms with Crippen LogP contribution in [-0.2, 0) is 6.42 Å². The van der Waals surface area contributed by atoms with E-state index in [1.54, 1.807) is 7.11 Å². The summed E-state index contributed by atoms with van der Waals surface area (Å²) in [6, 6.07) is 12.2. The molecule has 14 heavy (non-hydrogen) atoms. The second kappa shape index (κ2) is 4.01. The summed E-state index contributed by atoms with van der Waals surface area (Å²) in [5, 5.41) is 0. The number of ether oxygens (including phenoxy) is 1. The molecule has 2 aromatic rings. The van der Waals surface area contributed by atoms with E-state index in [2.05, 4.69) is 23.2 Å². The number of aromatic amines is 1. The molecule has 0 bridgehead atoms. The molecule has 0 aliphatic heterocycles. The Hall–Kier alpha value is -1.70. The topological polar surface area (TPSA) is 25.0 Å². The fourth-order valence-electron chi connectivity index (χ4n) is 1.48. The standard InChI is InChI=1S/C12H13NO/c1-14-12-6-2-4-10(9-12)8-11-5-3-7-13-11/h2-7,9,13H,8H2,1H3. The van der Waals surface area contributed by atoms with Crippen LogP contribution in [0, 0.1) is 0 Å².